The predicted molar refractivity (Wildman–Crippen MR) is 245 cm³/mol. The lowest BCUT2D eigenvalue weighted by molar-refractivity contribution is 0.629. The van der Waals surface area contributed by atoms with Gasteiger partial charge in [-0.1, -0.05) is 133 Å². The summed E-state index contributed by atoms with van der Waals surface area (Å²) in [6, 6.07) is 74.2. The summed E-state index contributed by atoms with van der Waals surface area (Å²) in [6.45, 7) is 0. The second-order valence-electron chi connectivity index (χ2n) is 14.7. The highest BCUT2D eigenvalue weighted by Crippen LogP contribution is 2.43. The fourth-order valence-electron chi connectivity index (χ4n) is 8.61. The number of halogens is 1. The highest BCUT2D eigenvalue weighted by molar-refractivity contribution is 7.25. The summed E-state index contributed by atoms with van der Waals surface area (Å²) in [5.41, 5.74) is 13.0. The number of benzene rings is 9. The molecule has 2 nitrogen and oxygen atoms in total. The van der Waals surface area contributed by atoms with Crippen LogP contribution in [0.5, 0.6) is 0 Å². The lowest BCUT2D eigenvalue weighted by atomic mass is 9.98. The number of fused-ring (bicyclic) bond motifs is 6. The van der Waals surface area contributed by atoms with Crippen LogP contribution in [0, 0.1) is 5.82 Å². The average molecular weight is 763 g/mol. The predicted octanol–water partition coefficient (Wildman–Crippen LogP) is 15.8. The van der Waals surface area contributed by atoms with Crippen molar-refractivity contribution in [3.63, 3.8) is 0 Å². The third kappa shape index (κ3) is 5.77. The average Bonchev–Trinajstić information content (AvgIpc) is 3.83. The van der Waals surface area contributed by atoms with E-state index in [1.54, 1.807) is 12.1 Å². The number of aromatic nitrogens is 1. The highest BCUT2D eigenvalue weighted by Gasteiger charge is 2.19. The second kappa shape index (κ2) is 14.0. The van der Waals surface area contributed by atoms with Crippen LogP contribution in [0.25, 0.3) is 81.0 Å². The van der Waals surface area contributed by atoms with Crippen LogP contribution in [0.2, 0.25) is 0 Å². The Morgan fingerprint density at radius 3 is 1.79 bits per heavy atom. The topological polar surface area (TPSA) is 8.17 Å². The molecule has 0 fully saturated rings. The Labute approximate surface area is 339 Å². The summed E-state index contributed by atoms with van der Waals surface area (Å²) in [5.74, 6) is -0.250. The van der Waals surface area contributed by atoms with Gasteiger partial charge in [0.15, 0.2) is 0 Å². The minimum atomic E-state index is -0.250. The van der Waals surface area contributed by atoms with Crippen LogP contribution in [-0.4, -0.2) is 4.57 Å². The minimum Gasteiger partial charge on any atom is -0.310 e. The molecule has 2 aromatic heterocycles. The summed E-state index contributed by atoms with van der Waals surface area (Å²) in [5, 5.41) is 4.74. The van der Waals surface area contributed by atoms with Crippen molar-refractivity contribution in [3.8, 4) is 39.1 Å². The maximum Gasteiger partial charge on any atom is 0.125 e. The normalized spacial score (nSPS) is 11.5. The molecule has 0 bridgehead atoms. The minimum absolute atomic E-state index is 0.250. The molecule has 0 spiro atoms. The Bertz CT molecular complexity index is 3290. The van der Waals surface area contributed by atoms with E-state index in [2.05, 4.69) is 191 Å². The quantitative estimate of drug-likeness (QED) is 0.157. The maximum absolute atomic E-state index is 14.8. The van der Waals surface area contributed by atoms with E-state index in [1.807, 2.05) is 29.5 Å². The summed E-state index contributed by atoms with van der Waals surface area (Å²) in [6.07, 6.45) is 0. The molecule has 0 aliphatic heterocycles. The molecule has 2 heterocycles. The van der Waals surface area contributed by atoms with E-state index in [0.717, 1.165) is 61.2 Å². The Balaban J connectivity index is 1.03. The van der Waals surface area contributed by atoms with E-state index >= 15 is 0 Å². The number of anilines is 3. The van der Waals surface area contributed by atoms with Gasteiger partial charge in [-0.25, -0.2) is 4.39 Å². The molecule has 0 aliphatic rings. The van der Waals surface area contributed by atoms with Crippen molar-refractivity contribution in [2.24, 2.45) is 0 Å². The van der Waals surface area contributed by atoms with E-state index in [-0.39, 0.29) is 5.82 Å². The van der Waals surface area contributed by atoms with Gasteiger partial charge < -0.3 is 9.47 Å². The van der Waals surface area contributed by atoms with Gasteiger partial charge in [-0.2, -0.15) is 0 Å². The zero-order valence-corrected chi connectivity index (χ0v) is 32.2. The van der Waals surface area contributed by atoms with Crippen LogP contribution in [0.15, 0.2) is 212 Å². The zero-order chi connectivity index (χ0) is 38.6. The van der Waals surface area contributed by atoms with Gasteiger partial charge >= 0.3 is 0 Å². The van der Waals surface area contributed by atoms with Crippen molar-refractivity contribution in [3.05, 3.63) is 218 Å². The zero-order valence-electron chi connectivity index (χ0n) is 31.4. The van der Waals surface area contributed by atoms with E-state index in [9.17, 15) is 4.39 Å². The molecule has 0 radical (unpaired) electrons. The van der Waals surface area contributed by atoms with Crippen molar-refractivity contribution in [1.29, 1.82) is 0 Å². The maximum atomic E-state index is 14.8. The summed E-state index contributed by atoms with van der Waals surface area (Å²) < 4.78 is 19.6. The first kappa shape index (κ1) is 34.0. The molecule has 274 valence electrons. The Morgan fingerprint density at radius 2 is 0.983 bits per heavy atom. The summed E-state index contributed by atoms with van der Waals surface area (Å²) >= 11 is 1.85. The van der Waals surface area contributed by atoms with E-state index in [0.29, 0.717) is 0 Å². The van der Waals surface area contributed by atoms with Gasteiger partial charge in [0, 0.05) is 53.6 Å². The third-order valence-corrected chi connectivity index (χ3v) is 12.4. The Morgan fingerprint density at radius 1 is 0.379 bits per heavy atom. The molecule has 58 heavy (non-hydrogen) atoms. The number of nitrogens with zero attached hydrogens (tertiary/aromatic N) is 2. The number of hydrogen-bond donors (Lipinski definition) is 0. The van der Waals surface area contributed by atoms with Crippen molar-refractivity contribution in [1.82, 2.24) is 4.57 Å². The van der Waals surface area contributed by atoms with Gasteiger partial charge in [-0.3, -0.25) is 0 Å². The first-order chi connectivity index (χ1) is 28.7. The van der Waals surface area contributed by atoms with Crippen LogP contribution < -0.4 is 4.90 Å². The molecule has 0 unspecified atom stereocenters. The number of para-hydroxylation sites is 2. The first-order valence-electron chi connectivity index (χ1n) is 19.5. The van der Waals surface area contributed by atoms with E-state index < -0.39 is 0 Å². The Kier molecular flexibility index (Phi) is 8.23. The van der Waals surface area contributed by atoms with Gasteiger partial charge in [0.2, 0.25) is 0 Å². The molecule has 0 atom stereocenters. The van der Waals surface area contributed by atoms with Crippen LogP contribution in [0.4, 0.5) is 21.5 Å². The van der Waals surface area contributed by atoms with Gasteiger partial charge in [0.1, 0.15) is 5.82 Å². The van der Waals surface area contributed by atoms with Crippen molar-refractivity contribution in [2.45, 2.75) is 0 Å². The number of rotatable bonds is 7. The molecule has 0 saturated carbocycles. The fraction of sp³-hybridized carbons (Fsp3) is 0. The molecule has 0 saturated heterocycles. The molecule has 4 heteroatoms. The van der Waals surface area contributed by atoms with Gasteiger partial charge in [-0.05, 0) is 107 Å². The van der Waals surface area contributed by atoms with Crippen molar-refractivity contribution in [2.75, 3.05) is 4.90 Å². The number of hydrogen-bond acceptors (Lipinski definition) is 2. The van der Waals surface area contributed by atoms with Gasteiger partial charge in [0.05, 0.1) is 16.7 Å². The molecule has 11 rings (SSSR count). The molecule has 11 aromatic rings. The summed E-state index contributed by atoms with van der Waals surface area (Å²) in [4.78, 5) is 2.34. The molecule has 0 N–H and O–H groups in total. The van der Waals surface area contributed by atoms with Crippen molar-refractivity contribution >= 4 is 70.4 Å². The molecular formula is C54H35FN2S. The largest absolute Gasteiger partial charge is 0.310 e. The molecule has 0 aliphatic carbocycles. The SMILES string of the molecule is Fc1ccc2c3ccccc3n(-c3ccccc3-c3ccc(N(c4ccc(-c5cccc6sc7ccccc7c56)cc4)c4cccc(-c5ccccc5)c4)cc3)c2c1. The summed E-state index contributed by atoms with van der Waals surface area (Å²) in [7, 11) is 0. The van der Waals surface area contributed by atoms with Crippen LogP contribution in [0.3, 0.4) is 0 Å². The highest BCUT2D eigenvalue weighted by atomic mass is 32.1. The molecular weight excluding hydrogens is 728 g/mol. The monoisotopic (exact) mass is 762 g/mol. The van der Waals surface area contributed by atoms with E-state index in [1.165, 1.54) is 36.9 Å². The first-order valence-corrected chi connectivity index (χ1v) is 20.3. The van der Waals surface area contributed by atoms with Crippen LogP contribution >= 0.6 is 11.3 Å². The lowest BCUT2D eigenvalue weighted by Crippen LogP contribution is -2.10. The lowest BCUT2D eigenvalue weighted by Gasteiger charge is -2.26. The second-order valence-corrected chi connectivity index (χ2v) is 15.7. The van der Waals surface area contributed by atoms with Crippen LogP contribution in [-0.2, 0) is 0 Å². The third-order valence-electron chi connectivity index (χ3n) is 11.3. The molecule has 0 amide bonds. The smallest absolute Gasteiger partial charge is 0.125 e. The van der Waals surface area contributed by atoms with Crippen molar-refractivity contribution < 1.29 is 4.39 Å². The van der Waals surface area contributed by atoms with E-state index in [4.69, 9.17) is 0 Å². The van der Waals surface area contributed by atoms with Crippen LogP contribution in [0.1, 0.15) is 0 Å². The molecule has 9 aromatic carbocycles. The Hall–Kier alpha value is -7.27. The van der Waals surface area contributed by atoms with Gasteiger partial charge in [0.25, 0.3) is 0 Å². The fourth-order valence-corrected chi connectivity index (χ4v) is 9.75. The number of thiophene rings is 1. The standard InChI is InChI=1S/C54H35FN2S/c55-40-28-33-47-46-17-5-8-21-50(46)57(51(47)35-40)49-20-7-4-16-44(49)37-24-29-41(30-25-37)56(43-15-10-14-39(34-43)36-12-2-1-3-13-36)42-31-26-38(27-32-42)45-19-11-23-53-54(45)48-18-6-9-22-52(48)58-53/h1-35H. The van der Waals surface area contributed by atoms with Gasteiger partial charge in [-0.15, -0.1) is 11.3 Å².